The van der Waals surface area contributed by atoms with Crippen molar-refractivity contribution in [3.8, 4) is 22.3 Å². The van der Waals surface area contributed by atoms with Crippen LogP contribution < -0.4 is 4.90 Å². The predicted molar refractivity (Wildman–Crippen MR) is 182 cm³/mol. The highest BCUT2D eigenvalue weighted by atomic mass is 32.1. The molecule has 198 valence electrons. The molecule has 0 radical (unpaired) electrons. The fraction of sp³-hybridized carbons (Fsp3) is 0. The molecule has 42 heavy (non-hydrogen) atoms. The first kappa shape index (κ1) is 24.6. The lowest BCUT2D eigenvalue weighted by Gasteiger charge is -2.26. The van der Waals surface area contributed by atoms with Crippen LogP contribution in [0.25, 0.3) is 53.2 Å². The maximum absolute atomic E-state index is 2.35. The number of benzene rings is 7. The molecule has 0 aliphatic carbocycles. The normalized spacial score (nSPS) is 11.3. The summed E-state index contributed by atoms with van der Waals surface area (Å²) in [5, 5.41) is 5.14. The van der Waals surface area contributed by atoms with Crippen LogP contribution in [0.15, 0.2) is 164 Å². The summed E-state index contributed by atoms with van der Waals surface area (Å²) in [6.07, 6.45) is 0. The van der Waals surface area contributed by atoms with Crippen LogP contribution in [0, 0.1) is 0 Å². The molecule has 0 fully saturated rings. The molecule has 1 nitrogen and oxygen atoms in total. The van der Waals surface area contributed by atoms with Gasteiger partial charge in [0.05, 0.1) is 0 Å². The minimum atomic E-state index is 1.13. The van der Waals surface area contributed by atoms with Crippen molar-refractivity contribution in [2.24, 2.45) is 0 Å². The number of fused-ring (bicyclic) bond motifs is 4. The van der Waals surface area contributed by atoms with Gasteiger partial charge in [-0.1, -0.05) is 115 Å². The average Bonchev–Trinajstić information content (AvgIpc) is 3.44. The second-order valence-corrected chi connectivity index (χ2v) is 11.7. The molecule has 0 bridgehead atoms. The minimum Gasteiger partial charge on any atom is -0.310 e. The van der Waals surface area contributed by atoms with Crippen molar-refractivity contribution in [3.63, 3.8) is 0 Å². The lowest BCUT2D eigenvalue weighted by Crippen LogP contribution is -2.09. The smallest absolute Gasteiger partial charge is 0.0468 e. The van der Waals surface area contributed by atoms with E-state index in [0.717, 1.165) is 17.1 Å². The fourth-order valence-electron chi connectivity index (χ4n) is 5.90. The van der Waals surface area contributed by atoms with E-state index < -0.39 is 0 Å². The van der Waals surface area contributed by atoms with Crippen molar-refractivity contribution in [2.45, 2.75) is 0 Å². The summed E-state index contributed by atoms with van der Waals surface area (Å²) in [5.74, 6) is 0. The van der Waals surface area contributed by atoms with Crippen LogP contribution in [0.2, 0.25) is 0 Å². The van der Waals surface area contributed by atoms with Gasteiger partial charge in [0, 0.05) is 37.2 Å². The average molecular weight is 554 g/mol. The Labute approximate surface area is 249 Å². The maximum atomic E-state index is 2.35. The van der Waals surface area contributed by atoms with Crippen molar-refractivity contribution in [2.75, 3.05) is 4.90 Å². The highest BCUT2D eigenvalue weighted by Gasteiger charge is 2.14. The molecule has 0 saturated carbocycles. The van der Waals surface area contributed by atoms with E-state index in [1.165, 1.54) is 53.2 Å². The number of nitrogens with zero attached hydrogens (tertiary/aromatic N) is 1. The van der Waals surface area contributed by atoms with Gasteiger partial charge in [-0.15, -0.1) is 11.3 Å². The molecule has 2 heteroatoms. The third-order valence-corrected chi connectivity index (χ3v) is 9.20. The predicted octanol–water partition coefficient (Wildman–Crippen LogP) is 12.0. The van der Waals surface area contributed by atoms with E-state index in [0.29, 0.717) is 0 Å². The van der Waals surface area contributed by atoms with Gasteiger partial charge in [0.2, 0.25) is 0 Å². The first-order valence-electron chi connectivity index (χ1n) is 14.3. The molecular formula is C40H27NS. The first-order chi connectivity index (χ1) is 20.8. The molecule has 0 N–H and O–H groups in total. The van der Waals surface area contributed by atoms with Gasteiger partial charge in [-0.3, -0.25) is 0 Å². The molecule has 0 atom stereocenters. The lowest BCUT2D eigenvalue weighted by molar-refractivity contribution is 1.29. The van der Waals surface area contributed by atoms with Crippen LogP contribution >= 0.6 is 11.3 Å². The van der Waals surface area contributed by atoms with E-state index in [-0.39, 0.29) is 0 Å². The van der Waals surface area contributed by atoms with Gasteiger partial charge in [-0.05, 0) is 81.6 Å². The molecule has 0 aliphatic heterocycles. The van der Waals surface area contributed by atoms with Crippen molar-refractivity contribution >= 4 is 59.3 Å². The summed E-state index contributed by atoms with van der Waals surface area (Å²) in [7, 11) is 0. The Morgan fingerprint density at radius 1 is 0.333 bits per heavy atom. The highest BCUT2D eigenvalue weighted by Crippen LogP contribution is 2.39. The number of thiophene rings is 1. The summed E-state index contributed by atoms with van der Waals surface area (Å²) in [6.45, 7) is 0. The monoisotopic (exact) mass is 553 g/mol. The van der Waals surface area contributed by atoms with Gasteiger partial charge < -0.3 is 4.90 Å². The molecule has 8 rings (SSSR count). The van der Waals surface area contributed by atoms with Crippen LogP contribution in [-0.4, -0.2) is 0 Å². The molecule has 0 aliphatic rings. The van der Waals surface area contributed by atoms with Gasteiger partial charge >= 0.3 is 0 Å². The Kier molecular flexibility index (Phi) is 6.05. The molecule has 0 amide bonds. The zero-order chi connectivity index (χ0) is 27.9. The third-order valence-electron chi connectivity index (χ3n) is 8.06. The first-order valence-corrected chi connectivity index (χ1v) is 15.1. The summed E-state index contributed by atoms with van der Waals surface area (Å²) < 4.78 is 2.67. The van der Waals surface area contributed by atoms with E-state index >= 15 is 0 Å². The van der Waals surface area contributed by atoms with E-state index in [9.17, 15) is 0 Å². The number of anilines is 3. The standard InChI is InChI=1S/C40H27NS/c1-2-8-28(9-3-1)30-14-20-34(21-15-30)41(36-24-18-29-10-4-5-11-32(29)26-36)35-22-16-31(17-23-35)33-19-25-38-37-12-6-7-13-39(37)42-40(38)27-33/h1-27H. The Bertz CT molecular complexity index is 2180. The van der Waals surface area contributed by atoms with Gasteiger partial charge in [0.25, 0.3) is 0 Å². The highest BCUT2D eigenvalue weighted by molar-refractivity contribution is 7.25. The number of hydrogen-bond acceptors (Lipinski definition) is 2. The molecule has 1 aromatic heterocycles. The summed E-state index contributed by atoms with van der Waals surface area (Å²) in [4.78, 5) is 2.35. The van der Waals surface area contributed by atoms with E-state index in [1.54, 1.807) is 0 Å². The summed E-state index contributed by atoms with van der Waals surface area (Å²) in [5.41, 5.74) is 8.29. The van der Waals surface area contributed by atoms with Gasteiger partial charge in [-0.2, -0.15) is 0 Å². The van der Waals surface area contributed by atoms with Crippen LogP contribution in [0.1, 0.15) is 0 Å². The topological polar surface area (TPSA) is 3.24 Å². The quantitative estimate of drug-likeness (QED) is 0.205. The van der Waals surface area contributed by atoms with Crippen molar-refractivity contribution in [1.29, 1.82) is 0 Å². The largest absolute Gasteiger partial charge is 0.310 e. The maximum Gasteiger partial charge on any atom is 0.0468 e. The van der Waals surface area contributed by atoms with E-state index in [1.807, 2.05) is 11.3 Å². The Morgan fingerprint density at radius 2 is 0.881 bits per heavy atom. The van der Waals surface area contributed by atoms with Gasteiger partial charge in [-0.25, -0.2) is 0 Å². The summed E-state index contributed by atoms with van der Waals surface area (Å²) in [6, 6.07) is 59.2. The van der Waals surface area contributed by atoms with Crippen LogP contribution in [0.5, 0.6) is 0 Å². The molecule has 8 aromatic rings. The lowest BCUT2D eigenvalue weighted by atomic mass is 10.0. The fourth-order valence-corrected chi connectivity index (χ4v) is 7.05. The molecule has 0 saturated heterocycles. The van der Waals surface area contributed by atoms with Crippen LogP contribution in [-0.2, 0) is 0 Å². The van der Waals surface area contributed by atoms with E-state index in [2.05, 4.69) is 169 Å². The van der Waals surface area contributed by atoms with E-state index in [4.69, 9.17) is 0 Å². The molecule has 1 heterocycles. The Morgan fingerprint density at radius 3 is 1.64 bits per heavy atom. The van der Waals surface area contributed by atoms with Crippen LogP contribution in [0.4, 0.5) is 17.1 Å². The third kappa shape index (κ3) is 4.43. The number of hydrogen-bond donors (Lipinski definition) is 0. The minimum absolute atomic E-state index is 1.13. The SMILES string of the molecule is c1ccc(-c2ccc(N(c3ccc(-c4ccc5c(c4)sc4ccccc45)cc3)c3ccc4ccccc4c3)cc2)cc1. The molecule has 7 aromatic carbocycles. The Hall–Kier alpha value is -5.18. The second kappa shape index (κ2) is 10.3. The molecular weight excluding hydrogens is 527 g/mol. The second-order valence-electron chi connectivity index (χ2n) is 10.6. The molecule has 0 unspecified atom stereocenters. The van der Waals surface area contributed by atoms with Crippen LogP contribution in [0.3, 0.4) is 0 Å². The van der Waals surface area contributed by atoms with Crippen molar-refractivity contribution in [3.05, 3.63) is 164 Å². The zero-order valence-corrected chi connectivity index (χ0v) is 23.8. The van der Waals surface area contributed by atoms with Crippen molar-refractivity contribution < 1.29 is 0 Å². The van der Waals surface area contributed by atoms with Gasteiger partial charge in [0.15, 0.2) is 0 Å². The Balaban J connectivity index is 1.19. The zero-order valence-electron chi connectivity index (χ0n) is 22.9. The number of rotatable bonds is 5. The molecule has 0 spiro atoms. The van der Waals surface area contributed by atoms with Crippen molar-refractivity contribution in [1.82, 2.24) is 0 Å². The van der Waals surface area contributed by atoms with Gasteiger partial charge in [0.1, 0.15) is 0 Å². The summed E-state index contributed by atoms with van der Waals surface area (Å²) >= 11 is 1.87.